The Balaban J connectivity index is 1.76. The van der Waals surface area contributed by atoms with Crippen LogP contribution in [0.2, 0.25) is 0 Å². The van der Waals surface area contributed by atoms with Gasteiger partial charge in [0.25, 0.3) is 0 Å². The lowest BCUT2D eigenvalue weighted by molar-refractivity contribution is -0.119. The van der Waals surface area contributed by atoms with Crippen molar-refractivity contribution in [2.75, 3.05) is 6.54 Å². The highest BCUT2D eigenvalue weighted by Gasteiger charge is 2.26. The zero-order valence-corrected chi connectivity index (χ0v) is 17.9. The Bertz CT molecular complexity index is 784. The van der Waals surface area contributed by atoms with Crippen molar-refractivity contribution in [2.45, 2.75) is 68.8 Å². The number of thioether (sulfide) groups is 1. The molecular weight excluding hydrogens is 394 g/mol. The van der Waals surface area contributed by atoms with Gasteiger partial charge in [-0.2, -0.15) is 0 Å². The molecule has 9 heteroatoms. The van der Waals surface area contributed by atoms with Crippen molar-refractivity contribution in [1.82, 2.24) is 25.4 Å². The van der Waals surface area contributed by atoms with Crippen molar-refractivity contribution in [3.63, 3.8) is 0 Å². The van der Waals surface area contributed by atoms with E-state index in [9.17, 15) is 9.59 Å². The van der Waals surface area contributed by atoms with Crippen LogP contribution in [0.1, 0.15) is 62.7 Å². The molecule has 2 N–H and O–H groups in total. The molecule has 1 fully saturated rings. The first-order chi connectivity index (χ1) is 13.6. The average Bonchev–Trinajstić information content (AvgIpc) is 3.33. The molecule has 1 aliphatic carbocycles. The van der Waals surface area contributed by atoms with Crippen LogP contribution in [-0.4, -0.2) is 38.5 Å². The van der Waals surface area contributed by atoms with E-state index < -0.39 is 11.3 Å². The first kappa shape index (κ1) is 20.9. The van der Waals surface area contributed by atoms with Crippen LogP contribution in [-0.2, 0) is 11.2 Å². The van der Waals surface area contributed by atoms with Crippen molar-refractivity contribution >= 4 is 35.0 Å². The Hall–Kier alpha value is -1.87. The maximum atomic E-state index is 12.3. The lowest BCUT2D eigenvalue weighted by Gasteiger charge is -2.26. The van der Waals surface area contributed by atoms with Crippen molar-refractivity contribution in [2.24, 2.45) is 0 Å². The van der Waals surface area contributed by atoms with Gasteiger partial charge in [-0.05, 0) is 38.1 Å². The lowest BCUT2D eigenvalue weighted by atomic mass is 9.95. The van der Waals surface area contributed by atoms with Crippen LogP contribution >= 0.6 is 23.1 Å². The van der Waals surface area contributed by atoms with E-state index in [0.29, 0.717) is 12.6 Å². The molecule has 0 radical (unpaired) electrons. The van der Waals surface area contributed by atoms with E-state index in [2.05, 4.69) is 36.8 Å². The maximum absolute atomic E-state index is 12.3. The maximum Gasteiger partial charge on any atom is 0.321 e. The highest BCUT2D eigenvalue weighted by atomic mass is 32.2. The summed E-state index contributed by atoms with van der Waals surface area (Å²) >= 11 is 3.08. The van der Waals surface area contributed by atoms with Crippen molar-refractivity contribution < 1.29 is 9.59 Å². The molecular formula is C19H27N5O2S2. The smallest absolute Gasteiger partial charge is 0.321 e. The Labute approximate surface area is 173 Å². The van der Waals surface area contributed by atoms with Gasteiger partial charge in [-0.25, -0.2) is 4.79 Å². The van der Waals surface area contributed by atoms with E-state index in [1.165, 1.54) is 35.9 Å². The molecule has 28 heavy (non-hydrogen) atoms. The number of nitrogens with one attached hydrogen (secondary N) is 2. The van der Waals surface area contributed by atoms with Gasteiger partial charge >= 0.3 is 6.03 Å². The number of urea groups is 1. The van der Waals surface area contributed by atoms with E-state index in [1.807, 2.05) is 13.0 Å². The molecule has 0 saturated heterocycles. The number of hydrogen-bond donors (Lipinski definition) is 2. The quantitative estimate of drug-likeness (QED) is 0.665. The molecule has 7 nitrogen and oxygen atoms in total. The second kappa shape index (κ2) is 10.1. The highest BCUT2D eigenvalue weighted by molar-refractivity contribution is 8.00. The van der Waals surface area contributed by atoms with E-state index in [1.54, 1.807) is 18.3 Å². The van der Waals surface area contributed by atoms with Gasteiger partial charge in [0.05, 0.1) is 5.25 Å². The molecule has 2 heterocycles. The molecule has 0 bridgehead atoms. The predicted octanol–water partition coefficient (Wildman–Crippen LogP) is 3.76. The number of nitrogens with zero attached hydrogens (tertiary/aromatic N) is 3. The summed E-state index contributed by atoms with van der Waals surface area (Å²) in [7, 11) is 0. The summed E-state index contributed by atoms with van der Waals surface area (Å²) in [5.41, 5.74) is 0. The monoisotopic (exact) mass is 421 g/mol. The standard InChI is InChI=1S/C19H27N5O2S2/c1-3-20-18(26)21-17(25)13(2)28-19-23-22-16(12-15-10-7-11-27-15)24(19)14-8-5-4-6-9-14/h7,10-11,13-14H,3-6,8-9,12H2,1-2H3,(H2,20,21,25,26)/t13-/m0/s1. The fourth-order valence-corrected chi connectivity index (χ4v) is 5.05. The minimum atomic E-state index is -0.466. The topological polar surface area (TPSA) is 88.9 Å². The largest absolute Gasteiger partial charge is 0.338 e. The summed E-state index contributed by atoms with van der Waals surface area (Å²) in [6.45, 7) is 4.07. The van der Waals surface area contributed by atoms with Gasteiger partial charge in [0.1, 0.15) is 5.82 Å². The van der Waals surface area contributed by atoms with Crippen molar-refractivity contribution in [3.8, 4) is 0 Å². The molecule has 152 valence electrons. The number of thiophene rings is 1. The third-order valence-corrected chi connectivity index (χ3v) is 6.75. The molecule has 1 atom stereocenters. The number of imide groups is 1. The predicted molar refractivity (Wildman–Crippen MR) is 112 cm³/mol. The minimum absolute atomic E-state index is 0.325. The third kappa shape index (κ3) is 5.35. The van der Waals surface area contributed by atoms with Crippen LogP contribution in [0.3, 0.4) is 0 Å². The highest BCUT2D eigenvalue weighted by Crippen LogP contribution is 2.34. The lowest BCUT2D eigenvalue weighted by Crippen LogP contribution is -2.42. The first-order valence-corrected chi connectivity index (χ1v) is 11.6. The normalized spacial score (nSPS) is 15.9. The molecule has 3 rings (SSSR count). The summed E-state index contributed by atoms with van der Waals surface area (Å²) in [5.74, 6) is 0.627. The fourth-order valence-electron chi connectivity index (χ4n) is 3.41. The van der Waals surface area contributed by atoms with Crippen LogP contribution in [0, 0.1) is 0 Å². The zero-order chi connectivity index (χ0) is 19.9. The molecule has 2 aromatic rings. The van der Waals surface area contributed by atoms with Crippen LogP contribution in [0.4, 0.5) is 4.79 Å². The summed E-state index contributed by atoms with van der Waals surface area (Å²) < 4.78 is 2.24. The number of aromatic nitrogens is 3. The second-order valence-corrected chi connectivity index (χ2v) is 9.27. The van der Waals surface area contributed by atoms with Crippen LogP contribution in [0.15, 0.2) is 22.7 Å². The molecule has 0 unspecified atom stereocenters. The summed E-state index contributed by atoms with van der Waals surface area (Å²) in [5, 5.41) is 16.2. The first-order valence-electron chi connectivity index (χ1n) is 9.80. The van der Waals surface area contributed by atoms with Gasteiger partial charge in [-0.15, -0.1) is 21.5 Å². The van der Waals surface area contributed by atoms with Gasteiger partial charge in [0.15, 0.2) is 5.16 Å². The van der Waals surface area contributed by atoms with Gasteiger partial charge in [-0.3, -0.25) is 10.1 Å². The Morgan fingerprint density at radius 1 is 1.32 bits per heavy atom. The Kier molecular flexibility index (Phi) is 7.50. The number of hydrogen-bond acceptors (Lipinski definition) is 6. The van der Waals surface area contributed by atoms with Crippen molar-refractivity contribution in [1.29, 1.82) is 0 Å². The number of carbonyl (C=O) groups is 2. The van der Waals surface area contributed by atoms with E-state index in [-0.39, 0.29) is 5.91 Å². The minimum Gasteiger partial charge on any atom is -0.338 e. The molecule has 0 aliphatic heterocycles. The number of amides is 3. The van der Waals surface area contributed by atoms with Gasteiger partial charge in [0, 0.05) is 23.9 Å². The zero-order valence-electron chi connectivity index (χ0n) is 16.3. The van der Waals surface area contributed by atoms with E-state index >= 15 is 0 Å². The molecule has 0 spiro atoms. The van der Waals surface area contributed by atoms with Crippen molar-refractivity contribution in [3.05, 3.63) is 28.2 Å². The van der Waals surface area contributed by atoms with Gasteiger partial charge in [-0.1, -0.05) is 37.1 Å². The van der Waals surface area contributed by atoms with Gasteiger partial charge in [0.2, 0.25) is 5.91 Å². The third-order valence-electron chi connectivity index (χ3n) is 4.81. The Morgan fingerprint density at radius 3 is 2.79 bits per heavy atom. The fraction of sp³-hybridized carbons (Fsp3) is 0.579. The van der Waals surface area contributed by atoms with E-state index in [4.69, 9.17) is 0 Å². The number of carbonyl (C=O) groups excluding carboxylic acids is 2. The SMILES string of the molecule is CCNC(=O)NC(=O)[C@H](C)Sc1nnc(Cc2cccs2)n1C1CCCCC1. The molecule has 3 amide bonds. The summed E-state index contributed by atoms with van der Waals surface area (Å²) in [4.78, 5) is 25.2. The summed E-state index contributed by atoms with van der Waals surface area (Å²) in [6, 6.07) is 4.07. The number of rotatable bonds is 7. The molecule has 0 aromatic carbocycles. The molecule has 2 aromatic heterocycles. The van der Waals surface area contributed by atoms with Crippen LogP contribution < -0.4 is 10.6 Å². The Morgan fingerprint density at radius 2 is 2.11 bits per heavy atom. The van der Waals surface area contributed by atoms with E-state index in [0.717, 1.165) is 30.2 Å². The second-order valence-electron chi connectivity index (χ2n) is 6.93. The summed E-state index contributed by atoms with van der Waals surface area (Å²) in [6.07, 6.45) is 6.66. The van der Waals surface area contributed by atoms with Gasteiger partial charge < -0.3 is 9.88 Å². The molecule has 1 aliphatic rings. The van der Waals surface area contributed by atoms with Crippen LogP contribution in [0.25, 0.3) is 0 Å². The molecule has 1 saturated carbocycles. The van der Waals surface area contributed by atoms with Crippen LogP contribution in [0.5, 0.6) is 0 Å². The average molecular weight is 422 g/mol.